The lowest BCUT2D eigenvalue weighted by atomic mass is 9.79. The van der Waals surface area contributed by atoms with E-state index in [-0.39, 0.29) is 5.41 Å². The summed E-state index contributed by atoms with van der Waals surface area (Å²) in [4.78, 5) is 0. The highest BCUT2D eigenvalue weighted by atomic mass is 14.4. The Morgan fingerprint density at radius 1 is 0.340 bits per heavy atom. The van der Waals surface area contributed by atoms with Gasteiger partial charge in [-0.3, -0.25) is 0 Å². The van der Waals surface area contributed by atoms with E-state index in [1.54, 1.807) is 0 Å². The molecule has 9 aromatic rings. The first-order valence-electron chi connectivity index (χ1n) is 16.6. The largest absolute Gasteiger partial charge is 0.0616 e. The molecule has 0 radical (unpaired) electrons. The minimum Gasteiger partial charge on any atom is -0.0616 e. The van der Waals surface area contributed by atoms with Crippen molar-refractivity contribution in [3.05, 3.63) is 169 Å². The molecule has 10 rings (SSSR count). The van der Waals surface area contributed by atoms with Gasteiger partial charge in [0.15, 0.2) is 0 Å². The van der Waals surface area contributed by atoms with E-state index in [0.29, 0.717) is 0 Å². The van der Waals surface area contributed by atoms with Gasteiger partial charge in [-0.15, -0.1) is 0 Å². The van der Waals surface area contributed by atoms with E-state index >= 15 is 0 Å². The Bertz CT molecular complexity index is 2690. The van der Waals surface area contributed by atoms with E-state index in [0.717, 1.165) is 0 Å². The van der Waals surface area contributed by atoms with Gasteiger partial charge in [-0.05, 0) is 117 Å². The van der Waals surface area contributed by atoms with E-state index in [9.17, 15) is 0 Å². The zero-order valence-corrected chi connectivity index (χ0v) is 26.5. The van der Waals surface area contributed by atoms with E-state index in [1.165, 1.54) is 98.7 Å². The molecule has 1 aliphatic carbocycles. The molecule has 0 amide bonds. The molecule has 0 aliphatic heterocycles. The van der Waals surface area contributed by atoms with Crippen molar-refractivity contribution in [2.45, 2.75) is 19.3 Å². The average Bonchev–Trinajstić information content (AvgIpc) is 3.36. The van der Waals surface area contributed by atoms with Crippen molar-refractivity contribution in [2.75, 3.05) is 0 Å². The molecule has 0 aromatic heterocycles. The van der Waals surface area contributed by atoms with Gasteiger partial charge in [-0.25, -0.2) is 0 Å². The van der Waals surface area contributed by atoms with Crippen LogP contribution in [0, 0.1) is 0 Å². The molecule has 0 N–H and O–H groups in total. The summed E-state index contributed by atoms with van der Waals surface area (Å²) in [6.45, 7) is 4.77. The molecule has 220 valence electrons. The van der Waals surface area contributed by atoms with Gasteiger partial charge in [0.1, 0.15) is 0 Å². The molecule has 0 saturated heterocycles. The summed E-state index contributed by atoms with van der Waals surface area (Å²) in [7, 11) is 0. The maximum Gasteiger partial charge on any atom is 0.0165 e. The third-order valence-corrected chi connectivity index (χ3v) is 10.8. The van der Waals surface area contributed by atoms with Crippen LogP contribution < -0.4 is 0 Å². The van der Waals surface area contributed by atoms with Crippen molar-refractivity contribution < 1.29 is 0 Å². The third-order valence-electron chi connectivity index (χ3n) is 10.8. The molecule has 0 unspecified atom stereocenters. The van der Waals surface area contributed by atoms with Crippen molar-refractivity contribution in [1.29, 1.82) is 0 Å². The Balaban J connectivity index is 1.06. The Hall–Kier alpha value is -5.72. The van der Waals surface area contributed by atoms with Gasteiger partial charge < -0.3 is 0 Å². The standard InChI is InChI=1S/C47H32/c1-47(2)43-28-36(21-23-40(43)42-25-18-29-8-3-4-15-39(29)46(42)47)34-12-6-11-33(26-34)35-13-7-14-37(27-35)38-22-19-32-17-16-30-9-5-10-31-20-24-41(38)45(32)44(30)31/h3-28H,1-2H3. The van der Waals surface area contributed by atoms with E-state index in [1.807, 2.05) is 0 Å². The first kappa shape index (κ1) is 26.5. The fraction of sp³-hybridized carbons (Fsp3) is 0.0638. The van der Waals surface area contributed by atoms with Crippen LogP contribution in [-0.4, -0.2) is 0 Å². The van der Waals surface area contributed by atoms with Gasteiger partial charge >= 0.3 is 0 Å². The van der Waals surface area contributed by atoms with Crippen LogP contribution in [0.5, 0.6) is 0 Å². The summed E-state index contributed by atoms with van der Waals surface area (Å²) in [6, 6.07) is 58.9. The zero-order chi connectivity index (χ0) is 31.3. The number of rotatable bonds is 3. The van der Waals surface area contributed by atoms with Crippen LogP contribution in [-0.2, 0) is 5.41 Å². The van der Waals surface area contributed by atoms with Crippen LogP contribution in [0.15, 0.2) is 158 Å². The monoisotopic (exact) mass is 596 g/mol. The molecule has 0 atom stereocenters. The topological polar surface area (TPSA) is 0 Å². The molecule has 47 heavy (non-hydrogen) atoms. The van der Waals surface area contributed by atoms with Crippen LogP contribution in [0.25, 0.3) is 87.6 Å². The molecule has 0 nitrogen and oxygen atoms in total. The molecule has 0 bridgehead atoms. The maximum absolute atomic E-state index is 2.43. The summed E-state index contributed by atoms with van der Waals surface area (Å²) >= 11 is 0. The normalized spacial score (nSPS) is 13.5. The highest BCUT2D eigenvalue weighted by Gasteiger charge is 2.37. The Labute approximate surface area is 274 Å². The summed E-state index contributed by atoms with van der Waals surface area (Å²) in [6.07, 6.45) is 0. The molecule has 0 fully saturated rings. The second-order valence-electron chi connectivity index (χ2n) is 13.7. The molecular weight excluding hydrogens is 565 g/mol. The lowest BCUT2D eigenvalue weighted by molar-refractivity contribution is 0.666. The van der Waals surface area contributed by atoms with Crippen LogP contribution in [0.3, 0.4) is 0 Å². The van der Waals surface area contributed by atoms with Gasteiger partial charge in [0.05, 0.1) is 0 Å². The second kappa shape index (κ2) is 9.64. The molecule has 0 heterocycles. The predicted octanol–water partition coefficient (Wildman–Crippen LogP) is 13.0. The van der Waals surface area contributed by atoms with Crippen molar-refractivity contribution in [1.82, 2.24) is 0 Å². The fourth-order valence-corrected chi connectivity index (χ4v) is 8.51. The summed E-state index contributed by atoms with van der Waals surface area (Å²) < 4.78 is 0. The average molecular weight is 597 g/mol. The van der Waals surface area contributed by atoms with Crippen LogP contribution >= 0.6 is 0 Å². The lowest BCUT2D eigenvalue weighted by Crippen LogP contribution is -2.15. The predicted molar refractivity (Wildman–Crippen MR) is 202 cm³/mol. The fourth-order valence-electron chi connectivity index (χ4n) is 8.51. The molecule has 0 saturated carbocycles. The number of fused-ring (bicyclic) bond motifs is 5. The van der Waals surface area contributed by atoms with Gasteiger partial charge in [0.25, 0.3) is 0 Å². The van der Waals surface area contributed by atoms with Gasteiger partial charge in [0, 0.05) is 5.41 Å². The van der Waals surface area contributed by atoms with Gasteiger partial charge in [-0.2, -0.15) is 0 Å². The van der Waals surface area contributed by atoms with Crippen molar-refractivity contribution >= 4 is 43.1 Å². The van der Waals surface area contributed by atoms with Gasteiger partial charge in [0.2, 0.25) is 0 Å². The van der Waals surface area contributed by atoms with Crippen molar-refractivity contribution in [3.63, 3.8) is 0 Å². The SMILES string of the molecule is CC1(C)c2cc(-c3cccc(-c4cccc(-c5ccc6ccc7cccc8ccc5c6c78)c4)c3)ccc2-c2ccc3ccccc3c21. The third kappa shape index (κ3) is 3.82. The van der Waals surface area contributed by atoms with E-state index in [2.05, 4.69) is 172 Å². The molecule has 1 aliphatic rings. The summed E-state index contributed by atoms with van der Waals surface area (Å²) in [5.74, 6) is 0. The Morgan fingerprint density at radius 3 is 1.66 bits per heavy atom. The summed E-state index contributed by atoms with van der Waals surface area (Å²) in [5.41, 5.74) is 13.0. The highest BCUT2D eigenvalue weighted by Crippen LogP contribution is 2.52. The first-order chi connectivity index (χ1) is 23.0. The van der Waals surface area contributed by atoms with Crippen molar-refractivity contribution in [2.24, 2.45) is 0 Å². The van der Waals surface area contributed by atoms with E-state index in [4.69, 9.17) is 0 Å². The number of benzene rings is 9. The Kier molecular flexibility index (Phi) is 5.44. The number of hydrogen-bond acceptors (Lipinski definition) is 0. The second-order valence-corrected chi connectivity index (χ2v) is 13.7. The van der Waals surface area contributed by atoms with E-state index < -0.39 is 0 Å². The molecule has 0 heteroatoms. The minimum atomic E-state index is -0.0752. The molecule has 9 aromatic carbocycles. The van der Waals surface area contributed by atoms with Crippen LogP contribution in [0.4, 0.5) is 0 Å². The van der Waals surface area contributed by atoms with Crippen LogP contribution in [0.2, 0.25) is 0 Å². The van der Waals surface area contributed by atoms with Gasteiger partial charge in [-0.1, -0.05) is 153 Å². The highest BCUT2D eigenvalue weighted by molar-refractivity contribution is 6.25. The maximum atomic E-state index is 2.43. The molecule has 0 spiro atoms. The van der Waals surface area contributed by atoms with Crippen LogP contribution in [0.1, 0.15) is 25.0 Å². The smallest absolute Gasteiger partial charge is 0.0165 e. The number of hydrogen-bond donors (Lipinski definition) is 0. The van der Waals surface area contributed by atoms with Crippen molar-refractivity contribution in [3.8, 4) is 44.5 Å². The lowest BCUT2D eigenvalue weighted by Gasteiger charge is -2.23. The summed E-state index contributed by atoms with van der Waals surface area (Å²) in [5, 5.41) is 10.6. The zero-order valence-electron chi connectivity index (χ0n) is 26.5. The molecular formula is C47H32. The minimum absolute atomic E-state index is 0.0752. The quantitative estimate of drug-likeness (QED) is 0.178. The Morgan fingerprint density at radius 2 is 0.872 bits per heavy atom. The first-order valence-corrected chi connectivity index (χ1v) is 16.6.